The Morgan fingerprint density at radius 3 is 2.67 bits per heavy atom. The van der Waals surface area contributed by atoms with Crippen LogP contribution in [0.4, 0.5) is 0 Å². The molecule has 2 fully saturated rings. The molecule has 18 heavy (non-hydrogen) atoms. The van der Waals surface area contributed by atoms with Crippen molar-refractivity contribution in [2.45, 2.75) is 62.8 Å². The molecule has 0 spiro atoms. The van der Waals surface area contributed by atoms with Gasteiger partial charge < -0.3 is 11.1 Å². The largest absolute Gasteiger partial charge is 0.353 e. The van der Waals surface area contributed by atoms with Gasteiger partial charge in [-0.3, -0.25) is 9.00 Å². The molecule has 0 saturated heterocycles. The van der Waals surface area contributed by atoms with Gasteiger partial charge in [0.1, 0.15) is 5.75 Å². The molecule has 2 aliphatic carbocycles. The average molecular weight is 272 g/mol. The molecular weight excluding hydrogens is 248 g/mol. The third kappa shape index (κ3) is 3.79. The highest BCUT2D eigenvalue weighted by molar-refractivity contribution is 7.86. The Morgan fingerprint density at radius 1 is 1.33 bits per heavy atom. The van der Waals surface area contributed by atoms with Crippen molar-refractivity contribution in [2.24, 2.45) is 11.7 Å². The number of nitrogens with two attached hydrogens (primary N) is 1. The maximum atomic E-state index is 12.3. The van der Waals surface area contributed by atoms with E-state index in [2.05, 4.69) is 12.2 Å². The molecular formula is C13H24N2O2S. The Balaban J connectivity index is 1.83. The molecule has 0 aliphatic heterocycles. The van der Waals surface area contributed by atoms with Gasteiger partial charge in [0.15, 0.2) is 0 Å². The van der Waals surface area contributed by atoms with Gasteiger partial charge in [-0.05, 0) is 38.0 Å². The Kier molecular flexibility index (Phi) is 4.78. The van der Waals surface area contributed by atoms with Crippen LogP contribution in [0.15, 0.2) is 0 Å². The van der Waals surface area contributed by atoms with Crippen molar-refractivity contribution in [3.63, 3.8) is 0 Å². The first-order valence-electron chi connectivity index (χ1n) is 7.02. The molecule has 0 aromatic carbocycles. The minimum atomic E-state index is -1.11. The first kappa shape index (κ1) is 14.0. The summed E-state index contributed by atoms with van der Waals surface area (Å²) in [7, 11) is -1.11. The van der Waals surface area contributed by atoms with Gasteiger partial charge in [0.05, 0.1) is 5.25 Å². The van der Waals surface area contributed by atoms with Crippen molar-refractivity contribution in [3.8, 4) is 0 Å². The molecule has 2 rings (SSSR count). The summed E-state index contributed by atoms with van der Waals surface area (Å²) in [6.45, 7) is 2.17. The number of hydrogen-bond acceptors (Lipinski definition) is 3. The van der Waals surface area contributed by atoms with E-state index in [0.29, 0.717) is 12.0 Å². The molecule has 0 aromatic heterocycles. The fourth-order valence-corrected chi connectivity index (χ4v) is 4.21. The van der Waals surface area contributed by atoms with Crippen LogP contribution in [0.2, 0.25) is 0 Å². The smallest absolute Gasteiger partial charge is 0.232 e. The number of amides is 1. The van der Waals surface area contributed by atoms with Crippen LogP contribution in [-0.4, -0.2) is 33.2 Å². The number of rotatable bonds is 5. The van der Waals surface area contributed by atoms with E-state index in [4.69, 9.17) is 5.73 Å². The molecule has 2 saturated carbocycles. The molecule has 1 amide bonds. The van der Waals surface area contributed by atoms with Crippen molar-refractivity contribution in [1.82, 2.24) is 5.32 Å². The zero-order chi connectivity index (χ0) is 13.1. The highest BCUT2D eigenvalue weighted by Crippen LogP contribution is 2.29. The van der Waals surface area contributed by atoms with Gasteiger partial charge in [-0.25, -0.2) is 0 Å². The summed E-state index contributed by atoms with van der Waals surface area (Å²) in [6, 6.07) is 0.347. The highest BCUT2D eigenvalue weighted by atomic mass is 32.2. The zero-order valence-corrected chi connectivity index (χ0v) is 11.9. The second-order valence-corrected chi connectivity index (χ2v) is 7.31. The third-order valence-corrected chi connectivity index (χ3v) is 5.85. The minimum Gasteiger partial charge on any atom is -0.353 e. The molecule has 0 bridgehead atoms. The average Bonchev–Trinajstić information content (AvgIpc) is 3.13. The van der Waals surface area contributed by atoms with Gasteiger partial charge in [0.25, 0.3) is 0 Å². The van der Waals surface area contributed by atoms with Crippen LogP contribution in [0.3, 0.4) is 0 Å². The molecule has 0 aromatic rings. The van der Waals surface area contributed by atoms with Crippen LogP contribution in [0.1, 0.15) is 45.4 Å². The normalized spacial score (nSPS) is 34.0. The summed E-state index contributed by atoms with van der Waals surface area (Å²) in [6.07, 6.45) is 6.26. The lowest BCUT2D eigenvalue weighted by molar-refractivity contribution is -0.118. The number of carbonyl (C=O) groups excluding carboxylic acids is 1. The standard InChI is InChI=1S/C13H24N2O2S/c1-2-9-3-6-11(14)12(7-9)18(17)8-13(16)15-10-4-5-10/h9-12H,2-8,14H2,1H3,(H,15,16). The number of hydrogen-bond donors (Lipinski definition) is 2. The number of carbonyl (C=O) groups is 1. The molecule has 4 nitrogen and oxygen atoms in total. The maximum Gasteiger partial charge on any atom is 0.232 e. The van der Waals surface area contributed by atoms with E-state index in [-0.39, 0.29) is 23.0 Å². The monoisotopic (exact) mass is 272 g/mol. The summed E-state index contributed by atoms with van der Waals surface area (Å²) in [4.78, 5) is 11.7. The van der Waals surface area contributed by atoms with Gasteiger partial charge in [-0.2, -0.15) is 0 Å². The molecule has 5 heteroatoms. The van der Waals surface area contributed by atoms with Crippen molar-refractivity contribution in [3.05, 3.63) is 0 Å². The molecule has 0 heterocycles. The van der Waals surface area contributed by atoms with Crippen LogP contribution in [0.5, 0.6) is 0 Å². The molecule has 0 radical (unpaired) electrons. The summed E-state index contributed by atoms with van der Waals surface area (Å²) >= 11 is 0. The van der Waals surface area contributed by atoms with E-state index in [1.165, 1.54) is 0 Å². The zero-order valence-electron chi connectivity index (χ0n) is 11.1. The quantitative estimate of drug-likeness (QED) is 0.781. The maximum absolute atomic E-state index is 12.3. The van der Waals surface area contributed by atoms with Crippen LogP contribution >= 0.6 is 0 Å². The summed E-state index contributed by atoms with van der Waals surface area (Å²) < 4.78 is 12.3. The Labute approximate surface area is 112 Å². The first-order valence-corrected chi connectivity index (χ1v) is 8.40. The summed E-state index contributed by atoms with van der Waals surface area (Å²) in [5.41, 5.74) is 6.06. The van der Waals surface area contributed by atoms with E-state index in [9.17, 15) is 9.00 Å². The van der Waals surface area contributed by atoms with E-state index < -0.39 is 10.8 Å². The van der Waals surface area contributed by atoms with Gasteiger partial charge in [0.2, 0.25) is 5.91 Å². The van der Waals surface area contributed by atoms with Gasteiger partial charge in [-0.15, -0.1) is 0 Å². The van der Waals surface area contributed by atoms with Crippen molar-refractivity contribution < 1.29 is 9.00 Å². The Bertz CT molecular complexity index is 331. The van der Waals surface area contributed by atoms with E-state index in [1.807, 2.05) is 0 Å². The first-order chi connectivity index (χ1) is 8.60. The second-order valence-electron chi connectivity index (χ2n) is 5.66. The predicted molar refractivity (Wildman–Crippen MR) is 73.6 cm³/mol. The lowest BCUT2D eigenvalue weighted by Crippen LogP contribution is -2.45. The van der Waals surface area contributed by atoms with Crippen molar-refractivity contribution in [2.75, 3.05) is 5.75 Å². The van der Waals surface area contributed by atoms with Crippen LogP contribution < -0.4 is 11.1 Å². The lowest BCUT2D eigenvalue weighted by Gasteiger charge is -2.32. The van der Waals surface area contributed by atoms with Crippen molar-refractivity contribution >= 4 is 16.7 Å². The Hall–Kier alpha value is -0.420. The second kappa shape index (κ2) is 6.15. The van der Waals surface area contributed by atoms with E-state index >= 15 is 0 Å². The fraction of sp³-hybridized carbons (Fsp3) is 0.923. The van der Waals surface area contributed by atoms with Crippen LogP contribution in [0, 0.1) is 5.92 Å². The molecule has 4 atom stereocenters. The highest BCUT2D eigenvalue weighted by Gasteiger charge is 2.33. The number of nitrogens with one attached hydrogen (secondary N) is 1. The van der Waals surface area contributed by atoms with Crippen molar-refractivity contribution in [1.29, 1.82) is 0 Å². The topological polar surface area (TPSA) is 72.2 Å². The molecule has 3 N–H and O–H groups in total. The fourth-order valence-electron chi connectivity index (χ4n) is 2.64. The predicted octanol–water partition coefficient (Wildman–Crippen LogP) is 0.920. The van der Waals surface area contributed by atoms with Gasteiger partial charge in [0, 0.05) is 22.9 Å². The van der Waals surface area contributed by atoms with E-state index in [1.54, 1.807) is 0 Å². The molecule has 4 unspecified atom stereocenters. The third-order valence-electron chi connectivity index (χ3n) is 4.08. The molecule has 104 valence electrons. The lowest BCUT2D eigenvalue weighted by atomic mass is 9.84. The Morgan fingerprint density at radius 2 is 2.06 bits per heavy atom. The van der Waals surface area contributed by atoms with E-state index in [0.717, 1.165) is 38.5 Å². The minimum absolute atomic E-state index is 0.00218. The summed E-state index contributed by atoms with van der Waals surface area (Å²) in [5, 5.41) is 2.90. The van der Waals surface area contributed by atoms with Crippen LogP contribution in [-0.2, 0) is 15.6 Å². The van der Waals surface area contributed by atoms with Crippen LogP contribution in [0.25, 0.3) is 0 Å². The van der Waals surface area contributed by atoms with Gasteiger partial charge in [-0.1, -0.05) is 13.3 Å². The van der Waals surface area contributed by atoms with Gasteiger partial charge >= 0.3 is 0 Å². The SMILES string of the molecule is CCC1CCC(N)C(S(=O)CC(=O)NC2CC2)C1. The molecule has 2 aliphatic rings. The summed E-state index contributed by atoms with van der Waals surface area (Å²) in [5.74, 6) is 0.692.